The summed E-state index contributed by atoms with van der Waals surface area (Å²) in [6.45, 7) is 6.99. The predicted octanol–water partition coefficient (Wildman–Crippen LogP) is 2.70. The van der Waals surface area contributed by atoms with E-state index in [1.807, 2.05) is 11.3 Å². The van der Waals surface area contributed by atoms with Crippen LogP contribution in [-0.4, -0.2) is 13.1 Å². The van der Waals surface area contributed by atoms with Gasteiger partial charge in [-0.25, -0.2) is 0 Å². The highest BCUT2D eigenvalue weighted by Crippen LogP contribution is 2.36. The minimum atomic E-state index is 0.440. The summed E-state index contributed by atoms with van der Waals surface area (Å²) in [6, 6.07) is 2.31. The highest BCUT2D eigenvalue weighted by atomic mass is 32.1. The highest BCUT2D eigenvalue weighted by Gasteiger charge is 2.30. The summed E-state index contributed by atoms with van der Waals surface area (Å²) in [7, 11) is 0. The van der Waals surface area contributed by atoms with Crippen molar-refractivity contribution in [3.05, 3.63) is 21.9 Å². The fourth-order valence-electron chi connectivity index (χ4n) is 2.26. The van der Waals surface area contributed by atoms with Crippen LogP contribution in [0, 0.1) is 6.92 Å². The number of nitrogens with one attached hydrogen (secondary N) is 1. The summed E-state index contributed by atoms with van der Waals surface area (Å²) in [6.07, 6.45) is 2.56. The number of aryl methyl sites for hydroxylation is 1. The molecule has 2 heterocycles. The maximum atomic E-state index is 3.42. The van der Waals surface area contributed by atoms with Crippen LogP contribution in [0.2, 0.25) is 0 Å². The number of thiophene rings is 1. The molecule has 1 fully saturated rings. The quantitative estimate of drug-likeness (QED) is 0.726. The van der Waals surface area contributed by atoms with Gasteiger partial charge in [-0.2, -0.15) is 0 Å². The Hall–Kier alpha value is -0.340. The van der Waals surface area contributed by atoms with Gasteiger partial charge in [0.1, 0.15) is 0 Å². The van der Waals surface area contributed by atoms with Crippen molar-refractivity contribution in [2.24, 2.45) is 0 Å². The standard InChI is InChI=1S/C11H17NS/c1-9-10(3-8-13-9)11(2)4-6-12-7-5-11/h3,8,12H,4-7H2,1-2H3. The third kappa shape index (κ3) is 1.65. The molecule has 1 aromatic heterocycles. The number of hydrogen-bond acceptors (Lipinski definition) is 2. The van der Waals surface area contributed by atoms with Crippen LogP contribution in [0.5, 0.6) is 0 Å². The molecule has 13 heavy (non-hydrogen) atoms. The Kier molecular flexibility index (Phi) is 2.43. The summed E-state index contributed by atoms with van der Waals surface area (Å²) in [4.78, 5) is 1.50. The van der Waals surface area contributed by atoms with Gasteiger partial charge in [0.25, 0.3) is 0 Å². The van der Waals surface area contributed by atoms with Gasteiger partial charge in [0, 0.05) is 4.88 Å². The molecule has 1 aliphatic rings. The first-order valence-corrected chi connectivity index (χ1v) is 5.86. The number of hydrogen-bond donors (Lipinski definition) is 1. The van der Waals surface area contributed by atoms with Crippen molar-refractivity contribution in [1.82, 2.24) is 5.32 Å². The summed E-state index contributed by atoms with van der Waals surface area (Å²) in [5.41, 5.74) is 2.02. The van der Waals surface area contributed by atoms with Crippen LogP contribution in [0.4, 0.5) is 0 Å². The second-order valence-corrected chi connectivity index (χ2v) is 5.32. The van der Waals surface area contributed by atoms with E-state index in [0.29, 0.717) is 5.41 Å². The zero-order chi connectivity index (χ0) is 9.31. The Morgan fingerprint density at radius 1 is 1.38 bits per heavy atom. The lowest BCUT2D eigenvalue weighted by Crippen LogP contribution is -2.37. The molecule has 0 radical (unpaired) electrons. The molecule has 1 N–H and O–H groups in total. The van der Waals surface area contributed by atoms with E-state index in [4.69, 9.17) is 0 Å². The molecule has 0 aromatic carbocycles. The van der Waals surface area contributed by atoms with Gasteiger partial charge in [-0.15, -0.1) is 11.3 Å². The fourth-order valence-corrected chi connectivity index (χ4v) is 3.11. The molecule has 1 nitrogen and oxygen atoms in total. The lowest BCUT2D eigenvalue weighted by Gasteiger charge is -2.34. The van der Waals surface area contributed by atoms with Gasteiger partial charge in [-0.05, 0) is 55.3 Å². The van der Waals surface area contributed by atoms with Gasteiger partial charge in [0.05, 0.1) is 0 Å². The van der Waals surface area contributed by atoms with Crippen molar-refractivity contribution in [3.63, 3.8) is 0 Å². The molecule has 1 saturated heterocycles. The van der Waals surface area contributed by atoms with Gasteiger partial charge in [-0.3, -0.25) is 0 Å². The molecule has 1 aliphatic heterocycles. The van der Waals surface area contributed by atoms with Crippen LogP contribution in [0.1, 0.15) is 30.2 Å². The van der Waals surface area contributed by atoms with Crippen molar-refractivity contribution in [3.8, 4) is 0 Å². The van der Waals surface area contributed by atoms with Crippen molar-refractivity contribution >= 4 is 11.3 Å². The van der Waals surface area contributed by atoms with Gasteiger partial charge in [0.15, 0.2) is 0 Å². The third-order valence-corrected chi connectivity index (χ3v) is 4.06. The maximum Gasteiger partial charge on any atom is 0.00517 e. The Morgan fingerprint density at radius 2 is 2.08 bits per heavy atom. The first kappa shape index (κ1) is 9.22. The first-order chi connectivity index (χ1) is 6.22. The van der Waals surface area contributed by atoms with E-state index in [1.165, 1.54) is 30.8 Å². The largest absolute Gasteiger partial charge is 0.317 e. The molecular weight excluding hydrogens is 178 g/mol. The SMILES string of the molecule is Cc1sccc1C1(C)CCNCC1. The minimum Gasteiger partial charge on any atom is -0.317 e. The topological polar surface area (TPSA) is 12.0 Å². The van der Waals surface area contributed by atoms with Gasteiger partial charge in [0.2, 0.25) is 0 Å². The van der Waals surface area contributed by atoms with E-state index < -0.39 is 0 Å². The van der Waals surface area contributed by atoms with E-state index in [-0.39, 0.29) is 0 Å². The monoisotopic (exact) mass is 195 g/mol. The van der Waals surface area contributed by atoms with Crippen LogP contribution in [0.15, 0.2) is 11.4 Å². The van der Waals surface area contributed by atoms with Gasteiger partial charge in [-0.1, -0.05) is 6.92 Å². The third-order valence-electron chi connectivity index (χ3n) is 3.22. The summed E-state index contributed by atoms with van der Waals surface area (Å²) in [5, 5.41) is 5.64. The Morgan fingerprint density at radius 3 is 2.62 bits per heavy atom. The molecular formula is C11H17NS. The zero-order valence-electron chi connectivity index (χ0n) is 8.39. The van der Waals surface area contributed by atoms with E-state index in [9.17, 15) is 0 Å². The molecule has 2 heteroatoms. The molecule has 0 atom stereocenters. The Labute approximate surface area is 84.2 Å². The molecule has 0 saturated carbocycles. The van der Waals surface area contributed by atoms with Crippen LogP contribution in [-0.2, 0) is 5.41 Å². The van der Waals surface area contributed by atoms with Crippen molar-refractivity contribution in [2.45, 2.75) is 32.1 Å². The molecule has 2 rings (SSSR count). The minimum absolute atomic E-state index is 0.440. The zero-order valence-corrected chi connectivity index (χ0v) is 9.21. The molecule has 0 unspecified atom stereocenters. The first-order valence-electron chi connectivity index (χ1n) is 4.98. The maximum absolute atomic E-state index is 3.42. The van der Waals surface area contributed by atoms with Crippen LogP contribution in [0.3, 0.4) is 0 Å². The lowest BCUT2D eigenvalue weighted by atomic mass is 9.75. The van der Waals surface area contributed by atoms with E-state index in [2.05, 4.69) is 30.6 Å². The van der Waals surface area contributed by atoms with Gasteiger partial charge >= 0.3 is 0 Å². The summed E-state index contributed by atoms with van der Waals surface area (Å²) >= 11 is 1.88. The average Bonchev–Trinajstić information content (AvgIpc) is 2.53. The van der Waals surface area contributed by atoms with E-state index >= 15 is 0 Å². The molecule has 0 amide bonds. The summed E-state index contributed by atoms with van der Waals surface area (Å²) < 4.78 is 0. The molecule has 0 bridgehead atoms. The summed E-state index contributed by atoms with van der Waals surface area (Å²) in [5.74, 6) is 0. The van der Waals surface area contributed by atoms with E-state index in [1.54, 1.807) is 5.56 Å². The van der Waals surface area contributed by atoms with E-state index in [0.717, 1.165) is 0 Å². The number of piperidine rings is 1. The smallest absolute Gasteiger partial charge is 0.00517 e. The number of rotatable bonds is 1. The molecule has 72 valence electrons. The predicted molar refractivity (Wildman–Crippen MR) is 58.5 cm³/mol. The highest BCUT2D eigenvalue weighted by molar-refractivity contribution is 7.10. The lowest BCUT2D eigenvalue weighted by molar-refractivity contribution is 0.335. The van der Waals surface area contributed by atoms with Crippen molar-refractivity contribution in [1.29, 1.82) is 0 Å². The van der Waals surface area contributed by atoms with Crippen molar-refractivity contribution < 1.29 is 0 Å². The Bertz CT molecular complexity index is 284. The molecule has 0 spiro atoms. The fraction of sp³-hybridized carbons (Fsp3) is 0.636. The Balaban J connectivity index is 2.27. The van der Waals surface area contributed by atoms with Crippen LogP contribution >= 0.6 is 11.3 Å². The molecule has 0 aliphatic carbocycles. The van der Waals surface area contributed by atoms with Gasteiger partial charge < -0.3 is 5.32 Å². The second kappa shape index (κ2) is 3.43. The molecule has 1 aromatic rings. The van der Waals surface area contributed by atoms with Crippen molar-refractivity contribution in [2.75, 3.05) is 13.1 Å². The van der Waals surface area contributed by atoms with Crippen LogP contribution in [0.25, 0.3) is 0 Å². The normalized spacial score (nSPS) is 21.7. The van der Waals surface area contributed by atoms with Crippen LogP contribution < -0.4 is 5.32 Å². The second-order valence-electron chi connectivity index (χ2n) is 4.20. The average molecular weight is 195 g/mol.